The number of carbonyl (C=O) groups excluding carboxylic acids is 2. The first-order valence-corrected chi connectivity index (χ1v) is 11.3. The molecule has 2 N–H and O–H groups in total. The number of nitrogens with zero attached hydrogens (tertiary/aromatic N) is 4. The highest BCUT2D eigenvalue weighted by molar-refractivity contribution is 7.99. The van der Waals surface area contributed by atoms with Gasteiger partial charge < -0.3 is 10.6 Å². The van der Waals surface area contributed by atoms with Gasteiger partial charge in [0.15, 0.2) is 0 Å². The number of tetrazole rings is 1. The van der Waals surface area contributed by atoms with Gasteiger partial charge in [-0.25, -0.2) is 0 Å². The largest absolute Gasteiger partial charge is 0.345 e. The van der Waals surface area contributed by atoms with Gasteiger partial charge >= 0.3 is 0 Å². The topological polar surface area (TPSA) is 102 Å². The molecule has 0 bridgehead atoms. The number of aromatic nitrogens is 4. The number of hydrogen-bond acceptors (Lipinski definition) is 6. The summed E-state index contributed by atoms with van der Waals surface area (Å²) < 4.78 is 1.57. The Morgan fingerprint density at radius 1 is 0.939 bits per heavy atom. The van der Waals surface area contributed by atoms with E-state index in [1.54, 1.807) is 28.9 Å². The first kappa shape index (κ1) is 22.2. The number of benzene rings is 3. The molecular weight excluding hydrogens is 436 g/mol. The lowest BCUT2D eigenvalue weighted by atomic mass is 10.1. The summed E-state index contributed by atoms with van der Waals surface area (Å²) >= 11 is 1.21. The molecule has 3 aromatic carbocycles. The van der Waals surface area contributed by atoms with Crippen LogP contribution in [0.25, 0.3) is 5.69 Å². The monoisotopic (exact) mass is 458 g/mol. The van der Waals surface area contributed by atoms with E-state index < -0.39 is 0 Å². The van der Waals surface area contributed by atoms with Crippen molar-refractivity contribution in [2.45, 2.75) is 18.1 Å². The molecule has 8 nitrogen and oxygen atoms in total. The van der Waals surface area contributed by atoms with Crippen LogP contribution in [-0.2, 0) is 4.79 Å². The minimum Gasteiger partial charge on any atom is -0.345 e. The first-order chi connectivity index (χ1) is 16.1. The molecule has 4 rings (SSSR count). The Bertz CT molecular complexity index is 1230. The van der Waals surface area contributed by atoms with Crippen molar-refractivity contribution < 1.29 is 9.59 Å². The Labute approximate surface area is 195 Å². The summed E-state index contributed by atoms with van der Waals surface area (Å²) in [5, 5.41) is 18.0. The Kier molecular flexibility index (Phi) is 7.11. The molecule has 0 aliphatic carbocycles. The van der Waals surface area contributed by atoms with E-state index in [4.69, 9.17) is 0 Å². The van der Waals surface area contributed by atoms with Crippen molar-refractivity contribution in [3.8, 4) is 5.69 Å². The third-order valence-corrected chi connectivity index (χ3v) is 5.79. The van der Waals surface area contributed by atoms with Gasteiger partial charge in [-0.05, 0) is 47.2 Å². The number of hydrogen-bond donors (Lipinski definition) is 2. The van der Waals surface area contributed by atoms with Crippen molar-refractivity contribution in [3.05, 3.63) is 96.1 Å². The minimum absolute atomic E-state index is 0.0869. The molecule has 0 radical (unpaired) electrons. The van der Waals surface area contributed by atoms with Gasteiger partial charge in [0.25, 0.3) is 5.91 Å². The molecule has 33 heavy (non-hydrogen) atoms. The highest BCUT2D eigenvalue weighted by Crippen LogP contribution is 2.21. The summed E-state index contributed by atoms with van der Waals surface area (Å²) in [7, 11) is 0. The second kappa shape index (κ2) is 10.6. The van der Waals surface area contributed by atoms with Crippen molar-refractivity contribution in [3.63, 3.8) is 0 Å². The maximum absolute atomic E-state index is 12.9. The Morgan fingerprint density at radius 2 is 1.61 bits per heavy atom. The molecule has 1 aromatic heterocycles. The van der Waals surface area contributed by atoms with Crippen molar-refractivity contribution in [1.29, 1.82) is 0 Å². The van der Waals surface area contributed by atoms with Crippen LogP contribution >= 0.6 is 11.8 Å². The Balaban J connectivity index is 1.40. The molecule has 0 saturated carbocycles. The quantitative estimate of drug-likeness (QED) is 0.389. The van der Waals surface area contributed by atoms with Gasteiger partial charge in [0.2, 0.25) is 11.1 Å². The molecule has 9 heteroatoms. The van der Waals surface area contributed by atoms with Gasteiger partial charge in [0, 0.05) is 0 Å². The summed E-state index contributed by atoms with van der Waals surface area (Å²) in [5.41, 5.74) is 2.65. The lowest BCUT2D eigenvalue weighted by Crippen LogP contribution is -2.28. The van der Waals surface area contributed by atoms with Crippen LogP contribution in [0, 0.1) is 0 Å². The second-order valence-corrected chi connectivity index (χ2v) is 8.14. The molecule has 0 unspecified atom stereocenters. The van der Waals surface area contributed by atoms with Crippen molar-refractivity contribution in [2.24, 2.45) is 0 Å². The molecule has 166 valence electrons. The van der Waals surface area contributed by atoms with Crippen molar-refractivity contribution in [1.82, 2.24) is 25.5 Å². The Hall–Kier alpha value is -3.98. The van der Waals surface area contributed by atoms with E-state index in [1.165, 1.54) is 11.8 Å². The minimum atomic E-state index is -0.265. The molecule has 0 spiro atoms. The zero-order chi connectivity index (χ0) is 23.0. The predicted octanol–water partition coefficient (Wildman–Crippen LogP) is 3.88. The second-order valence-electron chi connectivity index (χ2n) is 7.20. The fourth-order valence-corrected chi connectivity index (χ4v) is 3.90. The lowest BCUT2D eigenvalue weighted by Gasteiger charge is -2.16. The highest BCUT2D eigenvalue weighted by Gasteiger charge is 2.17. The molecule has 0 fully saturated rings. The molecule has 4 aromatic rings. The molecule has 1 atom stereocenters. The van der Waals surface area contributed by atoms with E-state index in [-0.39, 0.29) is 23.6 Å². The summed E-state index contributed by atoms with van der Waals surface area (Å²) in [5.74, 6) is -0.439. The summed E-state index contributed by atoms with van der Waals surface area (Å²) in [6.45, 7) is 1.92. The predicted molar refractivity (Wildman–Crippen MR) is 127 cm³/mol. The van der Waals surface area contributed by atoms with Crippen LogP contribution in [-0.4, -0.2) is 37.8 Å². The van der Waals surface area contributed by atoms with Crippen LogP contribution in [0.1, 0.15) is 28.9 Å². The van der Waals surface area contributed by atoms with Gasteiger partial charge in [-0.1, -0.05) is 72.4 Å². The number of amides is 2. The van der Waals surface area contributed by atoms with Crippen LogP contribution in [0.2, 0.25) is 0 Å². The van der Waals surface area contributed by atoms with E-state index >= 15 is 0 Å². The molecule has 0 saturated heterocycles. The maximum Gasteiger partial charge on any atom is 0.253 e. The summed E-state index contributed by atoms with van der Waals surface area (Å²) in [6, 6.07) is 25.9. The maximum atomic E-state index is 12.9. The standard InChI is InChI=1S/C24H22N6O2S/c1-17(18-10-4-2-5-11-18)25-23(32)20-14-8-9-15-21(20)26-22(31)16-33-24-27-28-29-30(24)19-12-6-3-7-13-19/h2-15,17H,16H2,1H3,(H,25,32)(H,26,31)/t17-/m1/s1. The third-order valence-electron chi connectivity index (χ3n) is 4.87. The lowest BCUT2D eigenvalue weighted by molar-refractivity contribution is -0.113. The average Bonchev–Trinajstić information content (AvgIpc) is 3.33. The first-order valence-electron chi connectivity index (χ1n) is 10.3. The number of para-hydroxylation sites is 2. The van der Waals surface area contributed by atoms with Crippen molar-refractivity contribution in [2.75, 3.05) is 11.1 Å². The molecular formula is C24H22N6O2S. The molecule has 0 aliphatic rings. The zero-order valence-electron chi connectivity index (χ0n) is 17.9. The smallest absolute Gasteiger partial charge is 0.253 e. The molecule has 2 amide bonds. The van der Waals surface area contributed by atoms with Gasteiger partial charge in [-0.3, -0.25) is 9.59 Å². The summed E-state index contributed by atoms with van der Waals surface area (Å²) in [4.78, 5) is 25.5. The van der Waals surface area contributed by atoms with Crippen LogP contribution < -0.4 is 10.6 Å². The summed E-state index contributed by atoms with van der Waals surface area (Å²) in [6.07, 6.45) is 0. The average molecular weight is 459 g/mol. The Morgan fingerprint density at radius 3 is 2.36 bits per heavy atom. The molecule has 0 aliphatic heterocycles. The fraction of sp³-hybridized carbons (Fsp3) is 0.125. The number of anilines is 1. The normalized spacial score (nSPS) is 11.5. The van der Waals surface area contributed by atoms with Gasteiger partial charge in [0.1, 0.15) is 0 Å². The van der Waals surface area contributed by atoms with E-state index in [9.17, 15) is 9.59 Å². The SMILES string of the molecule is C[C@@H](NC(=O)c1ccccc1NC(=O)CSc1nnnn1-c1ccccc1)c1ccccc1. The molecule has 1 heterocycles. The van der Waals surface area contributed by atoms with Gasteiger partial charge in [-0.2, -0.15) is 4.68 Å². The van der Waals surface area contributed by atoms with E-state index in [1.807, 2.05) is 67.6 Å². The number of carbonyl (C=O) groups is 2. The van der Waals surface area contributed by atoms with E-state index in [2.05, 4.69) is 26.2 Å². The van der Waals surface area contributed by atoms with Crippen LogP contribution in [0.4, 0.5) is 5.69 Å². The van der Waals surface area contributed by atoms with Crippen molar-refractivity contribution >= 4 is 29.3 Å². The third kappa shape index (κ3) is 5.64. The number of thioether (sulfide) groups is 1. The zero-order valence-corrected chi connectivity index (χ0v) is 18.7. The fourth-order valence-electron chi connectivity index (χ4n) is 3.21. The van der Waals surface area contributed by atoms with Crippen LogP contribution in [0.15, 0.2) is 90.1 Å². The van der Waals surface area contributed by atoms with E-state index in [0.717, 1.165) is 11.3 Å². The van der Waals surface area contributed by atoms with Crippen LogP contribution in [0.3, 0.4) is 0 Å². The highest BCUT2D eigenvalue weighted by atomic mass is 32.2. The van der Waals surface area contributed by atoms with E-state index in [0.29, 0.717) is 16.4 Å². The number of rotatable bonds is 8. The number of nitrogens with one attached hydrogen (secondary N) is 2. The van der Waals surface area contributed by atoms with Gasteiger partial charge in [0.05, 0.1) is 28.7 Å². The van der Waals surface area contributed by atoms with Gasteiger partial charge in [-0.15, -0.1) is 5.10 Å². The van der Waals surface area contributed by atoms with Crippen LogP contribution in [0.5, 0.6) is 0 Å².